The van der Waals surface area contributed by atoms with Crippen molar-refractivity contribution >= 4 is 17.1 Å². The lowest BCUT2D eigenvalue weighted by atomic mass is 10.1. The molecule has 1 heterocycles. The maximum Gasteiger partial charge on any atom is 0.104 e. The van der Waals surface area contributed by atoms with Crippen LogP contribution in [0.5, 0.6) is 0 Å². The molecular weight excluding hydrogens is 212 g/mol. The summed E-state index contributed by atoms with van der Waals surface area (Å²) >= 11 is 0. The van der Waals surface area contributed by atoms with E-state index in [-0.39, 0.29) is 0 Å². The normalized spacial score (nSPS) is 13.9. The Balaban J connectivity index is 2.02. The van der Waals surface area contributed by atoms with Gasteiger partial charge in [-0.15, -0.1) is 0 Å². The fourth-order valence-electron chi connectivity index (χ4n) is 2.19. The molecule has 0 saturated carbocycles. The zero-order chi connectivity index (χ0) is 11.8. The molecular formula is C13H14N4. The second-order valence-corrected chi connectivity index (χ2v) is 4.09. The quantitative estimate of drug-likeness (QED) is 0.576. The third kappa shape index (κ3) is 1.50. The first-order valence-electron chi connectivity index (χ1n) is 5.52. The molecule has 0 atom stereocenters. The van der Waals surface area contributed by atoms with Crippen LogP contribution in [-0.2, 0) is 6.54 Å². The van der Waals surface area contributed by atoms with Crippen molar-refractivity contribution in [3.8, 4) is 0 Å². The molecule has 2 aromatic carbocycles. The molecule has 3 rings (SSSR count). The molecule has 17 heavy (non-hydrogen) atoms. The van der Waals surface area contributed by atoms with Gasteiger partial charge in [0.25, 0.3) is 0 Å². The molecule has 0 radical (unpaired) electrons. The van der Waals surface area contributed by atoms with Crippen LogP contribution in [0, 0.1) is 0 Å². The fourth-order valence-corrected chi connectivity index (χ4v) is 2.19. The van der Waals surface area contributed by atoms with Gasteiger partial charge >= 0.3 is 0 Å². The van der Waals surface area contributed by atoms with Crippen LogP contribution in [0.15, 0.2) is 48.5 Å². The van der Waals surface area contributed by atoms with Gasteiger partial charge in [-0.1, -0.05) is 30.3 Å². The smallest absolute Gasteiger partial charge is 0.104 e. The second kappa shape index (κ2) is 3.68. The van der Waals surface area contributed by atoms with Gasteiger partial charge in [0.2, 0.25) is 0 Å². The van der Waals surface area contributed by atoms with Crippen LogP contribution in [0.4, 0.5) is 17.1 Å². The highest BCUT2D eigenvalue weighted by molar-refractivity contribution is 5.77. The average Bonchev–Trinajstić information content (AvgIpc) is 2.69. The van der Waals surface area contributed by atoms with Gasteiger partial charge in [-0.2, -0.15) is 0 Å². The summed E-state index contributed by atoms with van der Waals surface area (Å²) in [5.74, 6) is 6.10. The SMILES string of the molecule is Nc1cccc2c1N(N)N(c1ccccc1)C2. The lowest BCUT2D eigenvalue weighted by molar-refractivity contribution is 0.797. The van der Waals surface area contributed by atoms with Crippen molar-refractivity contribution in [2.45, 2.75) is 6.54 Å². The Kier molecular flexibility index (Phi) is 2.16. The average molecular weight is 226 g/mol. The van der Waals surface area contributed by atoms with Crippen LogP contribution in [0.3, 0.4) is 0 Å². The lowest BCUT2D eigenvalue weighted by Crippen LogP contribution is -2.43. The third-order valence-electron chi connectivity index (χ3n) is 3.01. The summed E-state index contributed by atoms with van der Waals surface area (Å²) in [6.45, 7) is 0.751. The van der Waals surface area contributed by atoms with E-state index in [1.54, 1.807) is 5.12 Å². The van der Waals surface area contributed by atoms with Crippen LogP contribution in [0.2, 0.25) is 0 Å². The standard InChI is InChI=1S/C13H14N4/c14-12-8-4-5-10-9-16(17(15)13(10)12)11-6-2-1-3-7-11/h1-8H,9,14-15H2. The maximum atomic E-state index is 6.10. The number of nitrogens with two attached hydrogens (primary N) is 2. The minimum atomic E-state index is 0.712. The van der Waals surface area contributed by atoms with E-state index >= 15 is 0 Å². The van der Waals surface area contributed by atoms with Gasteiger partial charge in [-0.05, 0) is 18.2 Å². The van der Waals surface area contributed by atoms with Crippen molar-refractivity contribution in [3.63, 3.8) is 0 Å². The molecule has 1 aliphatic heterocycles. The molecule has 2 aromatic rings. The van der Waals surface area contributed by atoms with Crippen molar-refractivity contribution in [2.24, 2.45) is 5.84 Å². The summed E-state index contributed by atoms with van der Waals surface area (Å²) in [5, 5.41) is 3.63. The maximum absolute atomic E-state index is 6.10. The molecule has 0 spiro atoms. The number of nitrogen functional groups attached to an aromatic ring is 1. The van der Waals surface area contributed by atoms with E-state index in [0.29, 0.717) is 5.69 Å². The van der Waals surface area contributed by atoms with E-state index in [1.807, 2.05) is 47.5 Å². The Bertz CT molecular complexity index is 538. The van der Waals surface area contributed by atoms with E-state index in [1.165, 1.54) is 0 Å². The number of anilines is 3. The van der Waals surface area contributed by atoms with Crippen molar-refractivity contribution < 1.29 is 0 Å². The molecule has 4 N–H and O–H groups in total. The summed E-state index contributed by atoms with van der Waals surface area (Å²) in [5.41, 5.74) is 9.78. The van der Waals surface area contributed by atoms with Gasteiger partial charge in [-0.3, -0.25) is 5.01 Å². The van der Waals surface area contributed by atoms with Crippen LogP contribution in [-0.4, -0.2) is 0 Å². The third-order valence-corrected chi connectivity index (χ3v) is 3.01. The summed E-state index contributed by atoms with van der Waals surface area (Å²) < 4.78 is 0. The molecule has 86 valence electrons. The molecule has 4 heteroatoms. The summed E-state index contributed by atoms with van der Waals surface area (Å²) in [4.78, 5) is 0. The molecule has 0 aromatic heterocycles. The molecule has 0 bridgehead atoms. The predicted octanol–water partition coefficient (Wildman–Crippen LogP) is 1.88. The first-order valence-corrected chi connectivity index (χ1v) is 5.52. The minimum absolute atomic E-state index is 0.712. The topological polar surface area (TPSA) is 58.5 Å². The second-order valence-electron chi connectivity index (χ2n) is 4.09. The van der Waals surface area contributed by atoms with Crippen LogP contribution < -0.4 is 21.7 Å². The molecule has 0 unspecified atom stereocenters. The molecule has 4 nitrogen and oxygen atoms in total. The van der Waals surface area contributed by atoms with Crippen molar-refractivity contribution in [3.05, 3.63) is 54.1 Å². The van der Waals surface area contributed by atoms with Gasteiger partial charge in [0.15, 0.2) is 0 Å². The number of hydrogen-bond acceptors (Lipinski definition) is 4. The fraction of sp³-hybridized carbons (Fsp3) is 0.0769. The minimum Gasteiger partial charge on any atom is -0.397 e. The van der Waals surface area contributed by atoms with Crippen LogP contribution >= 0.6 is 0 Å². The number of hydrogen-bond donors (Lipinski definition) is 2. The summed E-state index contributed by atoms with van der Waals surface area (Å²) in [6, 6.07) is 15.9. The number of hydrazine groups is 2. The zero-order valence-corrected chi connectivity index (χ0v) is 9.38. The molecule has 0 fully saturated rings. The van der Waals surface area contributed by atoms with Crippen molar-refractivity contribution in [1.29, 1.82) is 0 Å². The van der Waals surface area contributed by atoms with Crippen molar-refractivity contribution in [2.75, 3.05) is 15.9 Å². The van der Waals surface area contributed by atoms with E-state index in [0.717, 1.165) is 23.5 Å². The van der Waals surface area contributed by atoms with Gasteiger partial charge in [-0.25, -0.2) is 11.0 Å². The Morgan fingerprint density at radius 3 is 2.41 bits per heavy atom. The Labute approximate surface area is 100.0 Å². The molecule has 1 aliphatic rings. The Hall–Kier alpha value is -2.20. The number of para-hydroxylation sites is 2. The lowest BCUT2D eigenvalue weighted by Gasteiger charge is -2.27. The summed E-state index contributed by atoms with van der Waals surface area (Å²) in [7, 11) is 0. The number of fused-ring (bicyclic) bond motifs is 1. The first kappa shape index (κ1) is 9.99. The van der Waals surface area contributed by atoms with E-state index in [9.17, 15) is 0 Å². The predicted molar refractivity (Wildman–Crippen MR) is 70.1 cm³/mol. The van der Waals surface area contributed by atoms with E-state index < -0.39 is 0 Å². The summed E-state index contributed by atoms with van der Waals surface area (Å²) in [6.07, 6.45) is 0. The molecule has 0 aliphatic carbocycles. The van der Waals surface area contributed by atoms with E-state index in [2.05, 4.69) is 6.07 Å². The highest BCUT2D eigenvalue weighted by atomic mass is 15.8. The Morgan fingerprint density at radius 2 is 1.71 bits per heavy atom. The largest absolute Gasteiger partial charge is 0.397 e. The zero-order valence-electron chi connectivity index (χ0n) is 9.38. The first-order chi connectivity index (χ1) is 8.27. The van der Waals surface area contributed by atoms with Gasteiger partial charge in [0.05, 0.1) is 17.9 Å². The van der Waals surface area contributed by atoms with E-state index in [4.69, 9.17) is 11.6 Å². The van der Waals surface area contributed by atoms with Gasteiger partial charge in [0, 0.05) is 5.56 Å². The van der Waals surface area contributed by atoms with Gasteiger partial charge < -0.3 is 5.73 Å². The van der Waals surface area contributed by atoms with Crippen LogP contribution in [0.25, 0.3) is 0 Å². The number of benzene rings is 2. The highest BCUT2D eigenvalue weighted by Crippen LogP contribution is 2.36. The molecule has 0 amide bonds. The Morgan fingerprint density at radius 1 is 0.941 bits per heavy atom. The number of rotatable bonds is 1. The number of nitrogens with zero attached hydrogens (tertiary/aromatic N) is 2. The van der Waals surface area contributed by atoms with Crippen molar-refractivity contribution in [1.82, 2.24) is 0 Å². The van der Waals surface area contributed by atoms with Gasteiger partial charge in [0.1, 0.15) is 5.69 Å². The highest BCUT2D eigenvalue weighted by Gasteiger charge is 2.26. The van der Waals surface area contributed by atoms with Crippen LogP contribution in [0.1, 0.15) is 5.56 Å². The molecule has 0 saturated heterocycles. The monoisotopic (exact) mass is 226 g/mol.